The number of aromatic nitrogens is 5. The van der Waals surface area contributed by atoms with Gasteiger partial charge in [-0.15, -0.1) is 0 Å². The van der Waals surface area contributed by atoms with Gasteiger partial charge >= 0.3 is 0 Å². The van der Waals surface area contributed by atoms with E-state index in [1.165, 1.54) is 11.1 Å². The summed E-state index contributed by atoms with van der Waals surface area (Å²) in [4.78, 5) is 9.08. The molecule has 0 fully saturated rings. The Morgan fingerprint density at radius 3 is 2.26 bits per heavy atom. The van der Waals surface area contributed by atoms with Crippen LogP contribution in [0.3, 0.4) is 0 Å². The molecule has 2 aromatic heterocycles. The van der Waals surface area contributed by atoms with Gasteiger partial charge < -0.3 is 4.57 Å². The van der Waals surface area contributed by atoms with Gasteiger partial charge in [0.25, 0.3) is 0 Å². The normalized spacial score (nSPS) is 11.8. The Kier molecular flexibility index (Phi) is 4.30. The van der Waals surface area contributed by atoms with Crippen LogP contribution in [-0.4, -0.2) is 24.3 Å². The third-order valence-corrected chi connectivity index (χ3v) is 5.09. The number of hydrogen-bond acceptors (Lipinski definition) is 3. The Balaban J connectivity index is 1.94. The van der Waals surface area contributed by atoms with Crippen molar-refractivity contribution in [1.29, 1.82) is 0 Å². The average Bonchev–Trinajstić information content (AvgIpc) is 3.27. The molecule has 0 bridgehead atoms. The van der Waals surface area contributed by atoms with Crippen molar-refractivity contribution in [2.24, 2.45) is 7.05 Å². The Bertz CT molecular complexity index is 1070. The molecule has 0 aliphatic heterocycles. The van der Waals surface area contributed by atoms with Crippen LogP contribution < -0.4 is 0 Å². The van der Waals surface area contributed by atoms with Crippen LogP contribution in [0.15, 0.2) is 49.1 Å². The van der Waals surface area contributed by atoms with Crippen molar-refractivity contribution in [2.45, 2.75) is 39.5 Å². The highest BCUT2D eigenvalue weighted by Gasteiger charge is 2.20. The SMILES string of the molecule is CC(C)c1cccc(C(C)C)c1-n1ncnc1-c1ccc2c(c1)ncn2C. The topological polar surface area (TPSA) is 48.5 Å². The van der Waals surface area contributed by atoms with Crippen LogP contribution in [0.25, 0.3) is 28.1 Å². The number of nitrogens with zero attached hydrogens (tertiary/aromatic N) is 5. The third-order valence-electron chi connectivity index (χ3n) is 5.09. The summed E-state index contributed by atoms with van der Waals surface area (Å²) < 4.78 is 4.02. The molecule has 2 heterocycles. The zero-order chi connectivity index (χ0) is 19.1. The van der Waals surface area contributed by atoms with Crippen molar-refractivity contribution in [3.8, 4) is 17.1 Å². The van der Waals surface area contributed by atoms with Gasteiger partial charge in [-0.3, -0.25) is 0 Å². The largest absolute Gasteiger partial charge is 0.334 e. The molecular weight excluding hydrogens is 334 g/mol. The monoisotopic (exact) mass is 359 g/mol. The lowest BCUT2D eigenvalue weighted by Crippen LogP contribution is -2.09. The standard InChI is InChI=1S/C22H25N5/c1-14(2)17-7-6-8-18(15(3)4)21(17)27-22(23-12-25-27)16-9-10-20-19(11-16)24-13-26(20)5/h6-15H,1-5H3. The Labute approximate surface area is 159 Å². The van der Waals surface area contributed by atoms with E-state index in [2.05, 4.69) is 79.2 Å². The van der Waals surface area contributed by atoms with Gasteiger partial charge in [0.15, 0.2) is 5.82 Å². The van der Waals surface area contributed by atoms with Gasteiger partial charge in [-0.2, -0.15) is 5.10 Å². The predicted octanol–water partition coefficient (Wildman–Crippen LogP) is 5.07. The zero-order valence-electron chi connectivity index (χ0n) is 16.5. The highest BCUT2D eigenvalue weighted by molar-refractivity contribution is 5.81. The smallest absolute Gasteiger partial charge is 0.163 e. The van der Waals surface area contributed by atoms with Gasteiger partial charge in [0.05, 0.1) is 23.0 Å². The van der Waals surface area contributed by atoms with E-state index in [0.717, 1.165) is 28.1 Å². The lowest BCUT2D eigenvalue weighted by atomic mass is 9.92. The molecule has 0 amide bonds. The molecule has 5 heteroatoms. The van der Waals surface area contributed by atoms with E-state index in [1.54, 1.807) is 6.33 Å². The van der Waals surface area contributed by atoms with Crippen LogP contribution in [0.5, 0.6) is 0 Å². The minimum absolute atomic E-state index is 0.397. The molecule has 0 aliphatic carbocycles. The van der Waals surface area contributed by atoms with Crippen molar-refractivity contribution in [2.75, 3.05) is 0 Å². The molecule has 138 valence electrons. The molecule has 0 saturated heterocycles. The van der Waals surface area contributed by atoms with E-state index in [4.69, 9.17) is 0 Å². The number of rotatable bonds is 4. The lowest BCUT2D eigenvalue weighted by Gasteiger charge is -2.20. The molecule has 0 atom stereocenters. The van der Waals surface area contributed by atoms with Crippen molar-refractivity contribution >= 4 is 11.0 Å². The maximum absolute atomic E-state index is 4.61. The summed E-state index contributed by atoms with van der Waals surface area (Å²) in [6.45, 7) is 8.89. The molecule has 5 nitrogen and oxygen atoms in total. The molecule has 0 N–H and O–H groups in total. The van der Waals surface area contributed by atoms with Gasteiger partial charge in [-0.05, 0) is 41.2 Å². The summed E-state index contributed by atoms with van der Waals surface area (Å²) >= 11 is 0. The van der Waals surface area contributed by atoms with Crippen LogP contribution in [-0.2, 0) is 7.05 Å². The molecule has 2 aromatic carbocycles. The van der Waals surface area contributed by atoms with Crippen LogP contribution in [0.1, 0.15) is 50.7 Å². The van der Waals surface area contributed by atoms with E-state index in [0.29, 0.717) is 11.8 Å². The zero-order valence-corrected chi connectivity index (χ0v) is 16.5. The van der Waals surface area contributed by atoms with Crippen LogP contribution in [0.2, 0.25) is 0 Å². The van der Waals surface area contributed by atoms with Gasteiger partial charge in [0, 0.05) is 12.6 Å². The predicted molar refractivity (Wildman–Crippen MR) is 109 cm³/mol. The second-order valence-electron chi connectivity index (χ2n) is 7.65. The van der Waals surface area contributed by atoms with Gasteiger partial charge in [-0.25, -0.2) is 14.6 Å². The lowest BCUT2D eigenvalue weighted by molar-refractivity contribution is 0.773. The first-order chi connectivity index (χ1) is 13.0. The molecule has 0 unspecified atom stereocenters. The van der Waals surface area contributed by atoms with E-state index in [9.17, 15) is 0 Å². The molecule has 0 saturated carbocycles. The summed E-state index contributed by atoms with van der Waals surface area (Å²) in [7, 11) is 2.01. The number of imidazole rings is 1. The quantitative estimate of drug-likeness (QED) is 0.511. The Morgan fingerprint density at radius 2 is 1.59 bits per heavy atom. The molecule has 27 heavy (non-hydrogen) atoms. The summed E-state index contributed by atoms with van der Waals surface area (Å²) in [6, 6.07) is 12.8. The molecule has 4 aromatic rings. The van der Waals surface area contributed by atoms with E-state index >= 15 is 0 Å². The number of aryl methyl sites for hydroxylation is 1. The maximum atomic E-state index is 4.61. The highest BCUT2D eigenvalue weighted by Crippen LogP contribution is 2.33. The summed E-state index contributed by atoms with van der Waals surface area (Å²) in [5, 5.41) is 4.61. The molecule has 4 rings (SSSR count). The fourth-order valence-electron chi connectivity index (χ4n) is 3.63. The first-order valence-electron chi connectivity index (χ1n) is 9.42. The van der Waals surface area contributed by atoms with E-state index in [-0.39, 0.29) is 0 Å². The van der Waals surface area contributed by atoms with Crippen LogP contribution >= 0.6 is 0 Å². The number of para-hydroxylation sites is 1. The Morgan fingerprint density at radius 1 is 0.889 bits per heavy atom. The van der Waals surface area contributed by atoms with Gasteiger partial charge in [0.1, 0.15) is 6.33 Å². The Hall–Kier alpha value is -2.95. The maximum Gasteiger partial charge on any atom is 0.163 e. The second-order valence-corrected chi connectivity index (χ2v) is 7.65. The van der Waals surface area contributed by atoms with Crippen LogP contribution in [0, 0.1) is 0 Å². The number of fused-ring (bicyclic) bond motifs is 1. The van der Waals surface area contributed by atoms with Crippen molar-refractivity contribution in [3.63, 3.8) is 0 Å². The summed E-state index contributed by atoms with van der Waals surface area (Å²) in [5.41, 5.74) is 6.81. The fourth-order valence-corrected chi connectivity index (χ4v) is 3.63. The van der Waals surface area contributed by atoms with E-state index in [1.807, 2.05) is 22.6 Å². The average molecular weight is 359 g/mol. The van der Waals surface area contributed by atoms with Crippen molar-refractivity contribution in [3.05, 3.63) is 60.2 Å². The first-order valence-corrected chi connectivity index (χ1v) is 9.42. The molecule has 0 aliphatic rings. The fraction of sp³-hybridized carbons (Fsp3) is 0.318. The van der Waals surface area contributed by atoms with Crippen molar-refractivity contribution < 1.29 is 0 Å². The van der Waals surface area contributed by atoms with Gasteiger partial charge in [-0.1, -0.05) is 45.9 Å². The minimum atomic E-state index is 0.397. The number of hydrogen-bond donors (Lipinski definition) is 0. The third kappa shape index (κ3) is 2.93. The summed E-state index contributed by atoms with van der Waals surface area (Å²) in [5.74, 6) is 1.64. The first kappa shape index (κ1) is 17.5. The number of benzene rings is 2. The minimum Gasteiger partial charge on any atom is -0.334 e. The summed E-state index contributed by atoms with van der Waals surface area (Å²) in [6.07, 6.45) is 3.48. The van der Waals surface area contributed by atoms with Gasteiger partial charge in [0.2, 0.25) is 0 Å². The second kappa shape index (κ2) is 6.65. The van der Waals surface area contributed by atoms with Crippen molar-refractivity contribution in [1.82, 2.24) is 24.3 Å². The molecule has 0 radical (unpaired) electrons. The van der Waals surface area contributed by atoms with E-state index < -0.39 is 0 Å². The van der Waals surface area contributed by atoms with Crippen LogP contribution in [0.4, 0.5) is 0 Å². The highest BCUT2D eigenvalue weighted by atomic mass is 15.3. The molecular formula is C22H25N5. The molecule has 0 spiro atoms.